The van der Waals surface area contributed by atoms with Gasteiger partial charge in [0.25, 0.3) is 0 Å². The van der Waals surface area contributed by atoms with Crippen molar-refractivity contribution >= 4 is 35.8 Å². The first-order valence-corrected chi connectivity index (χ1v) is 10.7. The molecule has 0 spiro atoms. The highest BCUT2D eigenvalue weighted by molar-refractivity contribution is 14.0. The van der Waals surface area contributed by atoms with E-state index in [2.05, 4.69) is 37.2 Å². The van der Waals surface area contributed by atoms with Gasteiger partial charge >= 0.3 is 0 Å². The van der Waals surface area contributed by atoms with E-state index >= 15 is 0 Å². The van der Waals surface area contributed by atoms with Crippen molar-refractivity contribution in [2.75, 3.05) is 78.5 Å². The molecule has 0 aromatic heterocycles. The lowest BCUT2D eigenvalue weighted by atomic mass is 10.1. The monoisotopic (exact) mass is 505 g/mol. The first kappa shape index (κ1) is 22.0. The van der Waals surface area contributed by atoms with Crippen molar-refractivity contribution in [1.82, 2.24) is 30.2 Å². The number of aliphatic imine (C=N–C) groups is 1. The van der Waals surface area contributed by atoms with Gasteiger partial charge in [-0.3, -0.25) is 24.5 Å². The Bertz CT molecular complexity index is 540. The van der Waals surface area contributed by atoms with Crippen LogP contribution in [0, 0.1) is 0 Å². The summed E-state index contributed by atoms with van der Waals surface area (Å²) in [6.07, 6.45) is 2.30. The topological polar surface area (TPSA) is 66.5 Å². The number of rotatable bonds is 6. The van der Waals surface area contributed by atoms with E-state index in [-0.39, 0.29) is 29.9 Å². The predicted molar refractivity (Wildman–Crippen MR) is 122 cm³/mol. The second-order valence-electron chi connectivity index (χ2n) is 8.29. The fourth-order valence-corrected chi connectivity index (χ4v) is 4.34. The number of amides is 1. The summed E-state index contributed by atoms with van der Waals surface area (Å²) < 4.78 is 0. The van der Waals surface area contributed by atoms with Crippen molar-refractivity contribution in [3.63, 3.8) is 0 Å². The van der Waals surface area contributed by atoms with Gasteiger partial charge in [0.2, 0.25) is 5.91 Å². The second kappa shape index (κ2) is 10.4. The Kier molecular flexibility index (Phi) is 8.19. The van der Waals surface area contributed by atoms with Gasteiger partial charge in [-0.25, -0.2) is 0 Å². The molecule has 2 bridgehead atoms. The van der Waals surface area contributed by atoms with E-state index in [0.29, 0.717) is 18.6 Å². The normalized spacial score (nSPS) is 30.7. The molecule has 4 aliphatic heterocycles. The molecule has 2 N–H and O–H groups in total. The minimum absolute atomic E-state index is 0. The molecular formula is C19H36IN7O. The van der Waals surface area contributed by atoms with Crippen LogP contribution in [-0.4, -0.2) is 122 Å². The minimum Gasteiger partial charge on any atom is -0.357 e. The molecule has 1 unspecified atom stereocenters. The molecule has 28 heavy (non-hydrogen) atoms. The smallest absolute Gasteiger partial charge is 0.234 e. The number of carbonyl (C=O) groups excluding carboxylic acids is 1. The van der Waals surface area contributed by atoms with Gasteiger partial charge in [-0.15, -0.1) is 24.0 Å². The fourth-order valence-electron chi connectivity index (χ4n) is 4.34. The van der Waals surface area contributed by atoms with Crippen molar-refractivity contribution in [2.45, 2.75) is 31.8 Å². The standard InChI is InChI=1S/C19H35N7O.HI/c1-2-20-19(21-13-17-14-23-5-9-25(17)10-6-23)26-11-7-24(8-12-26)15-18(27)22-16-3-4-16;/h16-17H,2-15H2,1H3,(H,20,21)(H,22,27);1H. The van der Waals surface area contributed by atoms with E-state index in [1.807, 2.05) is 0 Å². The Balaban J connectivity index is 0.00000225. The van der Waals surface area contributed by atoms with Crippen molar-refractivity contribution in [3.05, 3.63) is 0 Å². The Hall–Kier alpha value is -0.650. The number of piperazine rings is 4. The number of hydrogen-bond acceptors (Lipinski definition) is 5. The number of carbonyl (C=O) groups is 1. The van der Waals surface area contributed by atoms with Crippen LogP contribution in [0.1, 0.15) is 19.8 Å². The zero-order valence-electron chi connectivity index (χ0n) is 17.1. The maximum atomic E-state index is 12.0. The number of guanidine groups is 1. The van der Waals surface area contributed by atoms with Crippen molar-refractivity contribution in [3.8, 4) is 0 Å². The summed E-state index contributed by atoms with van der Waals surface area (Å²) in [6, 6.07) is 1.02. The van der Waals surface area contributed by atoms with Crippen molar-refractivity contribution in [2.24, 2.45) is 4.99 Å². The molecule has 1 atom stereocenters. The van der Waals surface area contributed by atoms with Gasteiger partial charge in [0, 0.05) is 77.5 Å². The molecule has 5 fully saturated rings. The summed E-state index contributed by atoms with van der Waals surface area (Å²) >= 11 is 0. The maximum absolute atomic E-state index is 12.0. The molecule has 5 aliphatic rings. The summed E-state index contributed by atoms with van der Waals surface area (Å²) in [4.78, 5) is 26.8. The van der Waals surface area contributed by atoms with Gasteiger partial charge in [0.15, 0.2) is 5.96 Å². The summed E-state index contributed by atoms with van der Waals surface area (Å²) in [7, 11) is 0. The fraction of sp³-hybridized carbons (Fsp3) is 0.895. The SMILES string of the molecule is CCNC(=NCC1CN2CCN1CC2)N1CCN(CC(=O)NC2CC2)CC1.I. The molecule has 0 radical (unpaired) electrons. The average molecular weight is 505 g/mol. The van der Waals surface area contributed by atoms with Crippen LogP contribution in [0.5, 0.6) is 0 Å². The van der Waals surface area contributed by atoms with Gasteiger partial charge in [0.1, 0.15) is 0 Å². The van der Waals surface area contributed by atoms with E-state index in [9.17, 15) is 4.79 Å². The number of nitrogens with one attached hydrogen (secondary N) is 2. The molecule has 0 aromatic carbocycles. The highest BCUT2D eigenvalue weighted by Crippen LogP contribution is 2.18. The van der Waals surface area contributed by atoms with Gasteiger partial charge < -0.3 is 15.5 Å². The minimum atomic E-state index is 0. The molecule has 9 heteroatoms. The third-order valence-electron chi connectivity index (χ3n) is 6.16. The highest BCUT2D eigenvalue weighted by atomic mass is 127. The highest BCUT2D eigenvalue weighted by Gasteiger charge is 2.32. The van der Waals surface area contributed by atoms with Crippen LogP contribution < -0.4 is 10.6 Å². The summed E-state index contributed by atoms with van der Waals surface area (Å²) in [5.41, 5.74) is 0. The third kappa shape index (κ3) is 5.93. The van der Waals surface area contributed by atoms with Gasteiger partial charge in [-0.05, 0) is 19.8 Å². The van der Waals surface area contributed by atoms with E-state index in [0.717, 1.165) is 64.6 Å². The summed E-state index contributed by atoms with van der Waals surface area (Å²) in [5.74, 6) is 1.22. The van der Waals surface area contributed by atoms with Gasteiger partial charge in [0.05, 0.1) is 13.1 Å². The zero-order valence-corrected chi connectivity index (χ0v) is 19.4. The van der Waals surface area contributed by atoms with E-state index in [1.165, 1.54) is 26.2 Å². The molecule has 160 valence electrons. The van der Waals surface area contributed by atoms with Gasteiger partial charge in [-0.2, -0.15) is 0 Å². The maximum Gasteiger partial charge on any atom is 0.234 e. The van der Waals surface area contributed by atoms with Crippen LogP contribution in [-0.2, 0) is 4.79 Å². The quantitative estimate of drug-likeness (QED) is 0.288. The third-order valence-corrected chi connectivity index (χ3v) is 6.16. The zero-order chi connectivity index (χ0) is 18.6. The first-order chi connectivity index (χ1) is 13.2. The largest absolute Gasteiger partial charge is 0.357 e. The van der Waals surface area contributed by atoms with E-state index in [1.54, 1.807) is 0 Å². The molecular weight excluding hydrogens is 469 g/mol. The second-order valence-corrected chi connectivity index (χ2v) is 8.29. The van der Waals surface area contributed by atoms with E-state index in [4.69, 9.17) is 4.99 Å². The molecule has 8 nitrogen and oxygen atoms in total. The van der Waals surface area contributed by atoms with Crippen LogP contribution in [0.4, 0.5) is 0 Å². The van der Waals surface area contributed by atoms with Crippen molar-refractivity contribution in [1.29, 1.82) is 0 Å². The molecule has 1 aliphatic carbocycles. The van der Waals surface area contributed by atoms with Crippen LogP contribution in [0.3, 0.4) is 0 Å². The Labute approximate surface area is 186 Å². The Morgan fingerprint density at radius 3 is 2.32 bits per heavy atom. The first-order valence-electron chi connectivity index (χ1n) is 10.7. The number of halogens is 1. The van der Waals surface area contributed by atoms with Crippen molar-refractivity contribution < 1.29 is 4.79 Å². The number of nitrogens with zero attached hydrogens (tertiary/aromatic N) is 5. The summed E-state index contributed by atoms with van der Waals surface area (Å²) in [6.45, 7) is 14.1. The van der Waals surface area contributed by atoms with Gasteiger partial charge in [-0.1, -0.05) is 0 Å². The average Bonchev–Trinajstić information content (AvgIpc) is 3.50. The Morgan fingerprint density at radius 1 is 1.04 bits per heavy atom. The lowest BCUT2D eigenvalue weighted by Crippen LogP contribution is -2.62. The molecule has 4 heterocycles. The molecule has 5 rings (SSSR count). The van der Waals surface area contributed by atoms with E-state index < -0.39 is 0 Å². The van der Waals surface area contributed by atoms with Crippen LogP contribution >= 0.6 is 24.0 Å². The molecule has 4 saturated heterocycles. The summed E-state index contributed by atoms with van der Waals surface area (Å²) in [5, 5.41) is 6.56. The molecule has 0 aromatic rings. The Morgan fingerprint density at radius 2 is 1.75 bits per heavy atom. The molecule has 1 amide bonds. The molecule has 1 saturated carbocycles. The van der Waals surface area contributed by atoms with Crippen LogP contribution in [0.15, 0.2) is 4.99 Å². The van der Waals surface area contributed by atoms with Crippen LogP contribution in [0.2, 0.25) is 0 Å². The lowest BCUT2D eigenvalue weighted by molar-refractivity contribution is -0.122. The number of hydrogen-bond donors (Lipinski definition) is 2. The predicted octanol–water partition coefficient (Wildman–Crippen LogP) is -0.534. The number of fused-ring (bicyclic) bond motifs is 3. The lowest BCUT2D eigenvalue weighted by Gasteiger charge is -2.47. The van der Waals surface area contributed by atoms with Crippen LogP contribution in [0.25, 0.3) is 0 Å².